The number of ketones is 1. The smallest absolute Gasteiger partial charge is 0.333 e. The Morgan fingerprint density at radius 3 is 2.28 bits per heavy atom. The summed E-state index contributed by atoms with van der Waals surface area (Å²) < 4.78 is 21.9. The van der Waals surface area contributed by atoms with Crippen molar-refractivity contribution in [3.63, 3.8) is 0 Å². The van der Waals surface area contributed by atoms with Crippen molar-refractivity contribution in [1.82, 2.24) is 0 Å². The Morgan fingerprint density at radius 1 is 1.05 bits per heavy atom. The maximum absolute atomic E-state index is 14.6. The number of hydrogen-bond donors (Lipinski definition) is 8. The van der Waals surface area contributed by atoms with Crippen LogP contribution in [0.1, 0.15) is 47.5 Å². The number of aliphatic hydroxyl groups is 8. The van der Waals surface area contributed by atoms with E-state index in [1.54, 1.807) is 27.7 Å². The lowest BCUT2D eigenvalue weighted by Gasteiger charge is -2.67. The van der Waals surface area contributed by atoms with Crippen LogP contribution in [0.3, 0.4) is 0 Å². The van der Waals surface area contributed by atoms with Crippen LogP contribution in [0, 0.1) is 22.7 Å². The standard InChI is InChI=1S/C29H44O14/c1-11-13(31)7-29(39)12(2)23-27(5,15(32)6-16-28(23,38)10-41-16)24(37)22(18(11)26(29,3)4)43-17(33)9-40-25-21(36)20(35)19(34)14(8-30)42-25/h12-16,19-23,25,30-32,34-36,38-39H,6-10H2,1-5H3/t12?,13?,14?,15?,16?,19?,20?,21?,22?,23?,25?,27-,28+,29?/m1/s1. The first-order chi connectivity index (χ1) is 19.9. The van der Waals surface area contributed by atoms with Gasteiger partial charge in [0.15, 0.2) is 18.2 Å². The molecule has 4 fully saturated rings. The number of fused-ring (bicyclic) bond motifs is 5. The van der Waals surface area contributed by atoms with E-state index in [1.807, 2.05) is 0 Å². The molecule has 2 saturated heterocycles. The van der Waals surface area contributed by atoms with E-state index in [9.17, 15) is 50.4 Å². The number of aliphatic hydroxyl groups excluding tert-OH is 6. The average Bonchev–Trinajstić information content (AvgIpc) is 2.94. The highest BCUT2D eigenvalue weighted by Crippen LogP contribution is 2.64. The number of rotatable bonds is 5. The Bertz CT molecular complexity index is 1170. The molecule has 5 aliphatic rings. The van der Waals surface area contributed by atoms with Gasteiger partial charge in [0.2, 0.25) is 0 Å². The zero-order chi connectivity index (χ0) is 32.0. The molecule has 2 aliphatic heterocycles. The van der Waals surface area contributed by atoms with Gasteiger partial charge < -0.3 is 59.8 Å². The van der Waals surface area contributed by atoms with Crippen LogP contribution in [0.25, 0.3) is 0 Å². The first kappa shape index (κ1) is 32.8. The predicted molar refractivity (Wildman–Crippen MR) is 143 cm³/mol. The maximum atomic E-state index is 14.6. The monoisotopic (exact) mass is 616 g/mol. The third-order valence-electron chi connectivity index (χ3n) is 11.3. The van der Waals surface area contributed by atoms with Crippen LogP contribution in [-0.4, -0.2) is 139 Å². The molecule has 0 amide bonds. The summed E-state index contributed by atoms with van der Waals surface area (Å²) in [7, 11) is 0. The molecule has 2 saturated carbocycles. The second kappa shape index (κ2) is 10.8. The first-order valence-corrected chi connectivity index (χ1v) is 14.7. The highest BCUT2D eigenvalue weighted by molar-refractivity contribution is 5.95. The lowest BCUT2D eigenvalue weighted by molar-refractivity contribution is -0.335. The largest absolute Gasteiger partial charge is 0.448 e. The van der Waals surface area contributed by atoms with Gasteiger partial charge in [0.25, 0.3) is 0 Å². The molecule has 0 spiro atoms. The summed E-state index contributed by atoms with van der Waals surface area (Å²) in [5.74, 6) is -3.71. The molecule has 244 valence electrons. The minimum Gasteiger partial charge on any atom is -0.448 e. The second-order valence-corrected chi connectivity index (χ2v) is 13.7. The van der Waals surface area contributed by atoms with Gasteiger partial charge in [0.1, 0.15) is 36.6 Å². The van der Waals surface area contributed by atoms with E-state index in [2.05, 4.69) is 0 Å². The molecule has 14 atom stereocenters. The fourth-order valence-electron chi connectivity index (χ4n) is 8.60. The molecule has 12 unspecified atom stereocenters. The minimum absolute atomic E-state index is 0.0642. The summed E-state index contributed by atoms with van der Waals surface area (Å²) in [5.41, 5.74) is -5.80. The van der Waals surface area contributed by atoms with Gasteiger partial charge in [-0.1, -0.05) is 20.8 Å². The van der Waals surface area contributed by atoms with E-state index in [0.29, 0.717) is 5.57 Å². The van der Waals surface area contributed by atoms with E-state index in [0.717, 1.165) is 0 Å². The van der Waals surface area contributed by atoms with E-state index in [-0.39, 0.29) is 25.0 Å². The van der Waals surface area contributed by atoms with Crippen LogP contribution in [0.15, 0.2) is 11.1 Å². The Hall–Kier alpha value is -1.56. The molecule has 0 aromatic heterocycles. The van der Waals surface area contributed by atoms with Crippen LogP contribution in [0.4, 0.5) is 0 Å². The molecule has 0 aromatic carbocycles. The van der Waals surface area contributed by atoms with Gasteiger partial charge in [0, 0.05) is 24.2 Å². The van der Waals surface area contributed by atoms with Crippen molar-refractivity contribution < 1.29 is 69.4 Å². The number of carbonyl (C=O) groups excluding carboxylic acids is 2. The van der Waals surface area contributed by atoms with Gasteiger partial charge in [-0.25, -0.2) is 4.79 Å². The summed E-state index contributed by atoms with van der Waals surface area (Å²) in [6.07, 6.45) is -13.3. The SMILES string of the molecule is CC1=C2C(OC(=O)COC3OC(CO)C(O)C(O)C3O)C(=O)[C@]3(C)C(O)CC4OC[C@@]4(O)C3C(C)C(O)(CC1O)C2(C)C. The van der Waals surface area contributed by atoms with E-state index < -0.39 is 114 Å². The summed E-state index contributed by atoms with van der Waals surface area (Å²) >= 11 is 0. The number of ether oxygens (including phenoxy) is 4. The fourth-order valence-corrected chi connectivity index (χ4v) is 8.60. The first-order valence-electron chi connectivity index (χ1n) is 14.7. The van der Waals surface area contributed by atoms with Crippen LogP contribution in [-0.2, 0) is 28.5 Å². The van der Waals surface area contributed by atoms with Crippen LogP contribution in [0.5, 0.6) is 0 Å². The maximum Gasteiger partial charge on any atom is 0.333 e. The molecule has 14 nitrogen and oxygen atoms in total. The molecule has 2 bridgehead atoms. The average molecular weight is 617 g/mol. The predicted octanol–water partition coefficient (Wildman–Crippen LogP) is -2.71. The van der Waals surface area contributed by atoms with Crippen LogP contribution in [0.2, 0.25) is 0 Å². The van der Waals surface area contributed by atoms with Gasteiger partial charge in [-0.2, -0.15) is 0 Å². The zero-order valence-corrected chi connectivity index (χ0v) is 24.9. The minimum atomic E-state index is -1.78. The lowest BCUT2D eigenvalue weighted by atomic mass is 9.43. The van der Waals surface area contributed by atoms with Gasteiger partial charge in [0.05, 0.1) is 42.5 Å². The third kappa shape index (κ3) is 4.48. The number of Topliss-reactive ketones (excluding diaryl/α,β-unsaturated/α-hetero) is 1. The van der Waals surface area contributed by atoms with Crippen LogP contribution >= 0.6 is 0 Å². The van der Waals surface area contributed by atoms with Gasteiger partial charge in [-0.05, 0) is 30.9 Å². The zero-order valence-electron chi connectivity index (χ0n) is 24.9. The molecule has 2 heterocycles. The normalized spacial score (nSPS) is 51.0. The molecule has 8 N–H and O–H groups in total. The van der Waals surface area contributed by atoms with Crippen molar-refractivity contribution in [1.29, 1.82) is 0 Å². The molecule has 0 radical (unpaired) electrons. The van der Waals surface area contributed by atoms with Crippen molar-refractivity contribution in [2.24, 2.45) is 22.7 Å². The number of carbonyl (C=O) groups is 2. The van der Waals surface area contributed by atoms with E-state index in [1.165, 1.54) is 6.92 Å². The molecule has 43 heavy (non-hydrogen) atoms. The van der Waals surface area contributed by atoms with E-state index in [4.69, 9.17) is 18.9 Å². The van der Waals surface area contributed by atoms with Gasteiger partial charge in [-0.3, -0.25) is 4.79 Å². The number of hydrogen-bond acceptors (Lipinski definition) is 14. The highest BCUT2D eigenvalue weighted by Gasteiger charge is 2.74. The summed E-state index contributed by atoms with van der Waals surface area (Å²) in [6.45, 7) is 6.37. The summed E-state index contributed by atoms with van der Waals surface area (Å²) in [4.78, 5) is 27.9. The lowest BCUT2D eigenvalue weighted by Crippen LogP contribution is -2.79. The molecule has 3 aliphatic carbocycles. The summed E-state index contributed by atoms with van der Waals surface area (Å²) in [6, 6.07) is 0. The fraction of sp³-hybridized carbons (Fsp3) is 0.862. The summed E-state index contributed by atoms with van der Waals surface area (Å²) in [5, 5.41) is 86.5. The van der Waals surface area contributed by atoms with Gasteiger partial charge in [-0.15, -0.1) is 0 Å². The molecule has 0 aromatic rings. The third-order valence-corrected chi connectivity index (χ3v) is 11.3. The van der Waals surface area contributed by atoms with Crippen LogP contribution < -0.4 is 0 Å². The van der Waals surface area contributed by atoms with Crippen molar-refractivity contribution in [3.8, 4) is 0 Å². The topological polar surface area (TPSA) is 233 Å². The molecular formula is C29H44O14. The molecule has 14 heteroatoms. The molecule has 5 rings (SSSR count). The Labute approximate surface area is 248 Å². The van der Waals surface area contributed by atoms with Crippen molar-refractivity contribution in [2.75, 3.05) is 19.8 Å². The second-order valence-electron chi connectivity index (χ2n) is 13.7. The number of esters is 1. The van der Waals surface area contributed by atoms with Crippen molar-refractivity contribution in [2.45, 2.75) is 114 Å². The van der Waals surface area contributed by atoms with E-state index >= 15 is 0 Å². The Morgan fingerprint density at radius 2 is 1.70 bits per heavy atom. The quantitative estimate of drug-likeness (QED) is 0.116. The highest BCUT2D eigenvalue weighted by atomic mass is 16.7. The van der Waals surface area contributed by atoms with Crippen molar-refractivity contribution in [3.05, 3.63) is 11.1 Å². The Balaban J connectivity index is 1.52. The Kier molecular flexibility index (Phi) is 8.22. The molecular weight excluding hydrogens is 572 g/mol. The van der Waals surface area contributed by atoms with Crippen molar-refractivity contribution >= 4 is 11.8 Å². The van der Waals surface area contributed by atoms with Gasteiger partial charge >= 0.3 is 5.97 Å².